The smallest absolute Gasteiger partial charge is 0.255 e. The quantitative estimate of drug-likeness (QED) is 0.791. The summed E-state index contributed by atoms with van der Waals surface area (Å²) in [5.41, 5.74) is 0.694. The van der Waals surface area contributed by atoms with Crippen molar-refractivity contribution in [2.24, 2.45) is 5.92 Å². The summed E-state index contributed by atoms with van der Waals surface area (Å²) in [6.45, 7) is 2.56. The first-order valence-electron chi connectivity index (χ1n) is 8.49. The molecule has 0 radical (unpaired) electrons. The van der Waals surface area contributed by atoms with E-state index in [0.29, 0.717) is 37.6 Å². The summed E-state index contributed by atoms with van der Waals surface area (Å²) >= 11 is 3.44. The summed E-state index contributed by atoms with van der Waals surface area (Å²) in [7, 11) is 0. The highest BCUT2D eigenvalue weighted by Gasteiger charge is 2.30. The first-order valence-corrected chi connectivity index (χ1v) is 9.28. The fraction of sp³-hybridized carbons (Fsp3) is 0.556. The van der Waals surface area contributed by atoms with Crippen LogP contribution in [-0.2, 0) is 4.79 Å². The van der Waals surface area contributed by atoms with Gasteiger partial charge < -0.3 is 9.80 Å². The van der Waals surface area contributed by atoms with E-state index in [1.807, 2.05) is 34.1 Å². The first kappa shape index (κ1) is 16.5. The van der Waals surface area contributed by atoms with Crippen LogP contribution in [0.15, 0.2) is 28.7 Å². The Labute approximate surface area is 146 Å². The number of rotatable bonds is 2. The van der Waals surface area contributed by atoms with Crippen LogP contribution in [0.3, 0.4) is 0 Å². The molecule has 2 fully saturated rings. The molecule has 0 bridgehead atoms. The molecule has 0 aromatic heterocycles. The maximum absolute atomic E-state index is 12.6. The van der Waals surface area contributed by atoms with Crippen LogP contribution in [0.1, 0.15) is 42.5 Å². The summed E-state index contributed by atoms with van der Waals surface area (Å²) in [6.07, 6.45) is 5.69. The molecule has 1 saturated carbocycles. The molecule has 0 atom stereocenters. The Morgan fingerprint density at radius 2 is 1.52 bits per heavy atom. The van der Waals surface area contributed by atoms with Crippen molar-refractivity contribution >= 4 is 27.7 Å². The molecule has 2 aliphatic rings. The van der Waals surface area contributed by atoms with Gasteiger partial charge in [-0.05, 0) is 40.9 Å². The van der Waals surface area contributed by atoms with Crippen LogP contribution in [-0.4, -0.2) is 47.8 Å². The standard InChI is InChI=1S/C18H23BrN2O2/c19-16-9-5-4-8-15(16)18(23)21-12-10-20(11-13-21)17(22)14-6-2-1-3-7-14/h4-5,8-9,14H,1-3,6-7,10-13H2. The molecule has 1 saturated heterocycles. The highest BCUT2D eigenvalue weighted by atomic mass is 79.9. The lowest BCUT2D eigenvalue weighted by molar-refractivity contribution is -0.138. The summed E-state index contributed by atoms with van der Waals surface area (Å²) < 4.78 is 0.825. The molecule has 2 amide bonds. The summed E-state index contributed by atoms with van der Waals surface area (Å²) in [5.74, 6) is 0.564. The number of benzene rings is 1. The Balaban J connectivity index is 1.57. The van der Waals surface area contributed by atoms with Crippen LogP contribution in [0, 0.1) is 5.92 Å². The zero-order valence-electron chi connectivity index (χ0n) is 13.3. The van der Waals surface area contributed by atoms with Crippen LogP contribution < -0.4 is 0 Å². The number of amides is 2. The van der Waals surface area contributed by atoms with Gasteiger partial charge in [0, 0.05) is 36.6 Å². The minimum absolute atomic E-state index is 0.0437. The van der Waals surface area contributed by atoms with Gasteiger partial charge in [0.2, 0.25) is 5.91 Å². The third kappa shape index (κ3) is 3.77. The number of piperazine rings is 1. The van der Waals surface area contributed by atoms with Crippen LogP contribution in [0.4, 0.5) is 0 Å². The van der Waals surface area contributed by atoms with Crippen LogP contribution in [0.25, 0.3) is 0 Å². The van der Waals surface area contributed by atoms with Gasteiger partial charge in [-0.2, -0.15) is 0 Å². The van der Waals surface area contributed by atoms with E-state index in [2.05, 4.69) is 15.9 Å². The number of halogens is 1. The maximum atomic E-state index is 12.6. The van der Waals surface area contributed by atoms with Gasteiger partial charge in [-0.25, -0.2) is 0 Å². The van der Waals surface area contributed by atoms with Crippen molar-refractivity contribution in [1.82, 2.24) is 9.80 Å². The molecule has 1 aromatic rings. The second-order valence-corrected chi connectivity index (χ2v) is 7.29. The molecule has 0 unspecified atom stereocenters. The van der Waals surface area contributed by atoms with Crippen molar-refractivity contribution in [3.05, 3.63) is 34.3 Å². The molecule has 23 heavy (non-hydrogen) atoms. The lowest BCUT2D eigenvalue weighted by atomic mass is 9.88. The zero-order valence-corrected chi connectivity index (χ0v) is 14.9. The molecule has 0 spiro atoms. The maximum Gasteiger partial charge on any atom is 0.255 e. The predicted molar refractivity (Wildman–Crippen MR) is 93.2 cm³/mol. The minimum atomic E-state index is 0.0437. The van der Waals surface area contributed by atoms with Crippen molar-refractivity contribution < 1.29 is 9.59 Å². The fourth-order valence-corrected chi connectivity index (χ4v) is 4.00. The second kappa shape index (κ2) is 7.47. The van der Waals surface area contributed by atoms with E-state index in [-0.39, 0.29) is 11.8 Å². The van der Waals surface area contributed by atoms with Gasteiger partial charge in [0.05, 0.1) is 5.56 Å². The highest BCUT2D eigenvalue weighted by molar-refractivity contribution is 9.10. The molecule has 4 nitrogen and oxygen atoms in total. The molecule has 3 rings (SSSR count). The highest BCUT2D eigenvalue weighted by Crippen LogP contribution is 2.26. The van der Waals surface area contributed by atoms with Crippen molar-refractivity contribution in [1.29, 1.82) is 0 Å². The lowest BCUT2D eigenvalue weighted by Crippen LogP contribution is -2.52. The van der Waals surface area contributed by atoms with Gasteiger partial charge in [-0.1, -0.05) is 31.4 Å². The van der Waals surface area contributed by atoms with E-state index in [0.717, 1.165) is 17.3 Å². The van der Waals surface area contributed by atoms with Crippen molar-refractivity contribution in [3.8, 4) is 0 Å². The molecule has 1 heterocycles. The second-order valence-electron chi connectivity index (χ2n) is 6.43. The normalized spacial score (nSPS) is 19.7. The largest absolute Gasteiger partial charge is 0.339 e. The van der Waals surface area contributed by atoms with E-state index in [4.69, 9.17) is 0 Å². The lowest BCUT2D eigenvalue weighted by Gasteiger charge is -2.37. The Morgan fingerprint density at radius 1 is 0.913 bits per heavy atom. The Bertz CT molecular complexity index is 576. The number of hydrogen-bond acceptors (Lipinski definition) is 2. The van der Waals surface area contributed by atoms with Gasteiger partial charge in [0.15, 0.2) is 0 Å². The van der Waals surface area contributed by atoms with Gasteiger partial charge >= 0.3 is 0 Å². The number of nitrogens with zero attached hydrogens (tertiary/aromatic N) is 2. The van der Waals surface area contributed by atoms with E-state index < -0.39 is 0 Å². The number of hydrogen-bond donors (Lipinski definition) is 0. The fourth-order valence-electron chi connectivity index (χ4n) is 3.54. The minimum Gasteiger partial charge on any atom is -0.339 e. The Kier molecular flexibility index (Phi) is 5.36. The average Bonchev–Trinajstić information content (AvgIpc) is 2.62. The van der Waals surface area contributed by atoms with E-state index >= 15 is 0 Å². The van der Waals surface area contributed by atoms with Crippen molar-refractivity contribution in [2.75, 3.05) is 26.2 Å². The monoisotopic (exact) mass is 378 g/mol. The predicted octanol–water partition coefficient (Wildman–Crippen LogP) is 3.31. The molecular weight excluding hydrogens is 356 g/mol. The molecule has 1 aromatic carbocycles. The number of carbonyl (C=O) groups is 2. The SMILES string of the molecule is O=C(c1ccccc1Br)N1CCN(C(=O)C2CCCCC2)CC1. The van der Waals surface area contributed by atoms with Crippen LogP contribution in [0.5, 0.6) is 0 Å². The van der Waals surface area contributed by atoms with E-state index in [9.17, 15) is 9.59 Å². The Hall–Kier alpha value is -1.36. The number of carbonyl (C=O) groups excluding carboxylic acids is 2. The summed E-state index contributed by atoms with van der Waals surface area (Å²) in [5, 5.41) is 0. The Morgan fingerprint density at radius 3 is 2.17 bits per heavy atom. The van der Waals surface area contributed by atoms with Crippen molar-refractivity contribution in [2.45, 2.75) is 32.1 Å². The van der Waals surface area contributed by atoms with Crippen molar-refractivity contribution in [3.63, 3.8) is 0 Å². The van der Waals surface area contributed by atoms with E-state index in [1.54, 1.807) is 0 Å². The van der Waals surface area contributed by atoms with Crippen LogP contribution in [0.2, 0.25) is 0 Å². The molecule has 1 aliphatic carbocycles. The first-order chi connectivity index (χ1) is 11.2. The molecular formula is C18H23BrN2O2. The average molecular weight is 379 g/mol. The molecule has 5 heteroatoms. The summed E-state index contributed by atoms with van der Waals surface area (Å²) in [4.78, 5) is 29.0. The topological polar surface area (TPSA) is 40.6 Å². The van der Waals surface area contributed by atoms with Gasteiger partial charge in [-0.3, -0.25) is 9.59 Å². The third-order valence-electron chi connectivity index (χ3n) is 4.94. The molecule has 0 N–H and O–H groups in total. The zero-order chi connectivity index (χ0) is 16.2. The van der Waals surface area contributed by atoms with Gasteiger partial charge in [0.1, 0.15) is 0 Å². The van der Waals surface area contributed by atoms with Gasteiger partial charge in [0.25, 0.3) is 5.91 Å². The van der Waals surface area contributed by atoms with Gasteiger partial charge in [-0.15, -0.1) is 0 Å². The van der Waals surface area contributed by atoms with Crippen LogP contribution >= 0.6 is 15.9 Å². The molecule has 124 valence electrons. The third-order valence-corrected chi connectivity index (χ3v) is 5.63. The van der Waals surface area contributed by atoms with E-state index in [1.165, 1.54) is 19.3 Å². The molecule has 1 aliphatic heterocycles. The summed E-state index contributed by atoms with van der Waals surface area (Å²) in [6, 6.07) is 7.50.